The molecule has 1 aliphatic rings. The maximum Gasteiger partial charge on any atom is 0.214 e. The van der Waals surface area contributed by atoms with Crippen LogP contribution in [0.15, 0.2) is 24.4 Å². The van der Waals surface area contributed by atoms with E-state index in [1.54, 1.807) is 18.3 Å². The Morgan fingerprint density at radius 1 is 1.19 bits per heavy atom. The quantitative estimate of drug-likeness (QED) is 0.844. The summed E-state index contributed by atoms with van der Waals surface area (Å²) < 4.78 is 5.76. The molecule has 132 valence electrons. The van der Waals surface area contributed by atoms with Crippen molar-refractivity contribution in [2.75, 3.05) is 24.6 Å². The van der Waals surface area contributed by atoms with Crippen molar-refractivity contribution < 1.29 is 4.74 Å². The zero-order chi connectivity index (χ0) is 18.5. The molecule has 0 spiro atoms. The summed E-state index contributed by atoms with van der Waals surface area (Å²) in [4.78, 5) is 10.9. The molecule has 0 atom stereocenters. The molecule has 3 heterocycles. The molecule has 1 fully saturated rings. The van der Waals surface area contributed by atoms with E-state index in [1.807, 2.05) is 19.9 Å². The van der Waals surface area contributed by atoms with Gasteiger partial charge in [0.05, 0.1) is 23.8 Å². The van der Waals surface area contributed by atoms with Gasteiger partial charge in [0.2, 0.25) is 5.88 Å². The van der Waals surface area contributed by atoms with E-state index in [4.69, 9.17) is 10.00 Å². The van der Waals surface area contributed by atoms with E-state index >= 15 is 0 Å². The third kappa shape index (κ3) is 3.92. The first-order valence-electron chi connectivity index (χ1n) is 8.73. The zero-order valence-electron chi connectivity index (χ0n) is 15.1. The smallest absolute Gasteiger partial charge is 0.214 e. The minimum Gasteiger partial charge on any atom is -0.477 e. The SMILES string of the molecule is Cc1cc(C)c(C#N)c(N2CCC(COc3cc(C#N)ccn3)CC2)n1. The predicted molar refractivity (Wildman–Crippen MR) is 97.8 cm³/mol. The van der Waals surface area contributed by atoms with Crippen LogP contribution in [0.5, 0.6) is 5.88 Å². The third-order valence-electron chi connectivity index (χ3n) is 4.68. The van der Waals surface area contributed by atoms with E-state index in [2.05, 4.69) is 27.0 Å². The van der Waals surface area contributed by atoms with E-state index in [1.165, 1.54) is 0 Å². The fraction of sp³-hybridized carbons (Fsp3) is 0.400. The lowest BCUT2D eigenvalue weighted by atomic mass is 9.97. The highest BCUT2D eigenvalue weighted by atomic mass is 16.5. The van der Waals surface area contributed by atoms with Crippen molar-refractivity contribution >= 4 is 5.82 Å². The van der Waals surface area contributed by atoms with Crippen LogP contribution in [0, 0.1) is 42.4 Å². The second kappa shape index (κ2) is 7.84. The normalized spacial score (nSPS) is 14.5. The molecule has 0 saturated carbocycles. The van der Waals surface area contributed by atoms with Gasteiger partial charge < -0.3 is 9.64 Å². The summed E-state index contributed by atoms with van der Waals surface area (Å²) >= 11 is 0. The average Bonchev–Trinajstić information content (AvgIpc) is 2.66. The Labute approximate surface area is 153 Å². The van der Waals surface area contributed by atoms with Crippen molar-refractivity contribution in [3.8, 4) is 18.0 Å². The van der Waals surface area contributed by atoms with Crippen molar-refractivity contribution in [2.45, 2.75) is 26.7 Å². The summed E-state index contributed by atoms with van der Waals surface area (Å²) in [6.45, 7) is 6.20. The van der Waals surface area contributed by atoms with Gasteiger partial charge in [-0.2, -0.15) is 10.5 Å². The molecular formula is C20H21N5O. The highest BCUT2D eigenvalue weighted by molar-refractivity contribution is 5.58. The summed E-state index contributed by atoms with van der Waals surface area (Å²) in [6, 6.07) is 9.65. The fourth-order valence-electron chi connectivity index (χ4n) is 3.26. The van der Waals surface area contributed by atoms with Gasteiger partial charge in [-0.15, -0.1) is 0 Å². The lowest BCUT2D eigenvalue weighted by Crippen LogP contribution is -2.36. The Kier molecular flexibility index (Phi) is 5.34. The van der Waals surface area contributed by atoms with E-state index in [-0.39, 0.29) is 0 Å². The standard InChI is InChI=1S/C20H21N5O/c1-14-9-15(2)24-20(18(14)12-22)25-7-4-16(5-8-25)13-26-19-10-17(11-21)3-6-23-19/h3,6,9-10,16H,4-5,7-8,13H2,1-2H3. The topological polar surface area (TPSA) is 85.8 Å². The van der Waals surface area contributed by atoms with E-state index < -0.39 is 0 Å². The number of aryl methyl sites for hydroxylation is 2. The molecule has 3 rings (SSSR count). The molecule has 0 radical (unpaired) electrons. The molecule has 6 nitrogen and oxygen atoms in total. The number of nitrogens with zero attached hydrogens (tertiary/aromatic N) is 5. The molecule has 6 heteroatoms. The molecule has 0 unspecified atom stereocenters. The molecule has 0 aromatic carbocycles. The fourth-order valence-corrected chi connectivity index (χ4v) is 3.26. The van der Waals surface area contributed by atoms with Gasteiger partial charge in [-0.3, -0.25) is 0 Å². The van der Waals surface area contributed by atoms with Crippen molar-refractivity contribution in [1.82, 2.24) is 9.97 Å². The number of hydrogen-bond acceptors (Lipinski definition) is 6. The number of nitriles is 2. The third-order valence-corrected chi connectivity index (χ3v) is 4.68. The predicted octanol–water partition coefficient (Wildman–Crippen LogP) is 3.13. The first-order chi connectivity index (χ1) is 12.6. The van der Waals surface area contributed by atoms with Gasteiger partial charge in [0.15, 0.2) is 0 Å². The number of ether oxygens (including phenoxy) is 1. The summed E-state index contributed by atoms with van der Waals surface area (Å²) in [7, 11) is 0. The van der Waals surface area contributed by atoms with Gasteiger partial charge in [0, 0.05) is 31.0 Å². The largest absolute Gasteiger partial charge is 0.477 e. The summed E-state index contributed by atoms with van der Waals surface area (Å²) in [5.41, 5.74) is 3.13. The Hall–Kier alpha value is -3.12. The monoisotopic (exact) mass is 347 g/mol. The first-order valence-corrected chi connectivity index (χ1v) is 8.73. The van der Waals surface area contributed by atoms with Crippen LogP contribution in [0.25, 0.3) is 0 Å². The van der Waals surface area contributed by atoms with E-state index in [0.717, 1.165) is 43.0 Å². The first kappa shape index (κ1) is 17.7. The van der Waals surface area contributed by atoms with Crippen molar-refractivity contribution in [3.05, 3.63) is 46.8 Å². The molecular weight excluding hydrogens is 326 g/mol. The number of pyridine rings is 2. The lowest BCUT2D eigenvalue weighted by molar-refractivity contribution is 0.216. The molecule has 26 heavy (non-hydrogen) atoms. The molecule has 0 N–H and O–H groups in total. The summed E-state index contributed by atoms with van der Waals surface area (Å²) in [5.74, 6) is 1.72. The number of piperidine rings is 1. The molecule has 0 bridgehead atoms. The van der Waals surface area contributed by atoms with Crippen molar-refractivity contribution in [2.24, 2.45) is 5.92 Å². The Morgan fingerprint density at radius 3 is 2.65 bits per heavy atom. The van der Waals surface area contributed by atoms with Crippen molar-refractivity contribution in [3.63, 3.8) is 0 Å². The summed E-state index contributed by atoms with van der Waals surface area (Å²) in [6.07, 6.45) is 3.53. The van der Waals surface area contributed by atoms with Crippen LogP contribution < -0.4 is 9.64 Å². The van der Waals surface area contributed by atoms with Crippen LogP contribution in [0.2, 0.25) is 0 Å². The van der Waals surface area contributed by atoms with Gasteiger partial charge >= 0.3 is 0 Å². The van der Waals surface area contributed by atoms with Crippen LogP contribution in [0.4, 0.5) is 5.82 Å². The van der Waals surface area contributed by atoms with E-state index in [9.17, 15) is 5.26 Å². The van der Waals surface area contributed by atoms with Gasteiger partial charge in [0.25, 0.3) is 0 Å². The molecule has 0 amide bonds. The van der Waals surface area contributed by atoms with Gasteiger partial charge in [0.1, 0.15) is 11.9 Å². The highest BCUT2D eigenvalue weighted by Gasteiger charge is 2.23. The van der Waals surface area contributed by atoms with Crippen LogP contribution in [0.3, 0.4) is 0 Å². The average molecular weight is 347 g/mol. The minimum atomic E-state index is 0.426. The second-order valence-corrected chi connectivity index (χ2v) is 6.63. The second-order valence-electron chi connectivity index (χ2n) is 6.63. The number of hydrogen-bond donors (Lipinski definition) is 0. The van der Waals surface area contributed by atoms with Crippen LogP contribution in [-0.2, 0) is 0 Å². The minimum absolute atomic E-state index is 0.426. The van der Waals surface area contributed by atoms with Crippen LogP contribution in [-0.4, -0.2) is 29.7 Å². The van der Waals surface area contributed by atoms with Gasteiger partial charge in [-0.05, 0) is 50.3 Å². The molecule has 1 aliphatic heterocycles. The number of anilines is 1. The molecule has 2 aromatic heterocycles. The Bertz CT molecular complexity index is 873. The molecule has 0 aliphatic carbocycles. The van der Waals surface area contributed by atoms with E-state index in [0.29, 0.717) is 29.5 Å². The number of aromatic nitrogens is 2. The van der Waals surface area contributed by atoms with Crippen LogP contribution >= 0.6 is 0 Å². The zero-order valence-corrected chi connectivity index (χ0v) is 15.1. The maximum absolute atomic E-state index is 9.46. The van der Waals surface area contributed by atoms with Crippen molar-refractivity contribution in [1.29, 1.82) is 10.5 Å². The maximum atomic E-state index is 9.46. The van der Waals surface area contributed by atoms with Gasteiger partial charge in [-0.1, -0.05) is 0 Å². The molecule has 1 saturated heterocycles. The Balaban J connectivity index is 1.60. The number of rotatable bonds is 4. The molecule has 2 aromatic rings. The van der Waals surface area contributed by atoms with Gasteiger partial charge in [-0.25, -0.2) is 9.97 Å². The highest BCUT2D eigenvalue weighted by Crippen LogP contribution is 2.27. The summed E-state index contributed by atoms with van der Waals surface area (Å²) in [5, 5.41) is 18.4. The van der Waals surface area contributed by atoms with Crippen LogP contribution in [0.1, 0.15) is 35.2 Å². The Morgan fingerprint density at radius 2 is 1.96 bits per heavy atom. The lowest BCUT2D eigenvalue weighted by Gasteiger charge is -2.33.